The minimum absolute atomic E-state index is 0.0689. The first-order valence-corrected chi connectivity index (χ1v) is 6.19. The average Bonchev–Trinajstić information content (AvgIpc) is 2.36. The third-order valence-corrected chi connectivity index (χ3v) is 3.73. The summed E-state index contributed by atoms with van der Waals surface area (Å²) in [6.45, 7) is 3.82. The van der Waals surface area contributed by atoms with E-state index in [0.29, 0.717) is 4.47 Å². The molecule has 0 saturated carbocycles. The van der Waals surface area contributed by atoms with Crippen molar-refractivity contribution < 1.29 is 0 Å². The van der Waals surface area contributed by atoms with Gasteiger partial charge >= 0.3 is 0 Å². The summed E-state index contributed by atoms with van der Waals surface area (Å²) in [5.41, 5.74) is 1.82. The Morgan fingerprint density at radius 1 is 1.29 bits per heavy atom. The fraction of sp³-hybridized carbons (Fsp3) is 0.231. The van der Waals surface area contributed by atoms with E-state index >= 15 is 0 Å². The van der Waals surface area contributed by atoms with Gasteiger partial charge in [0, 0.05) is 0 Å². The molecule has 1 atom stereocenters. The Balaban J connectivity index is 2.49. The van der Waals surface area contributed by atoms with Crippen LogP contribution in [0, 0.1) is 6.92 Å². The van der Waals surface area contributed by atoms with Gasteiger partial charge in [0.2, 0.25) is 0 Å². The standard InChI is InChI=1S/C13H13BrN2O/c1-9-8-15-16(13(17)12(9)14)10(2)11-6-4-3-5-7-11/h3-8,10H,1-2H3. The van der Waals surface area contributed by atoms with Crippen molar-refractivity contribution in [3.63, 3.8) is 0 Å². The maximum absolute atomic E-state index is 12.1. The molecule has 0 aliphatic heterocycles. The molecule has 0 aliphatic rings. The Kier molecular flexibility index (Phi) is 3.43. The molecule has 88 valence electrons. The number of rotatable bonds is 2. The van der Waals surface area contributed by atoms with Crippen molar-refractivity contribution in [2.45, 2.75) is 19.9 Å². The van der Waals surface area contributed by atoms with E-state index in [9.17, 15) is 4.79 Å². The van der Waals surface area contributed by atoms with E-state index in [4.69, 9.17) is 0 Å². The van der Waals surface area contributed by atoms with Gasteiger partial charge in [-0.15, -0.1) is 0 Å². The Labute approximate surface area is 108 Å². The van der Waals surface area contributed by atoms with Crippen molar-refractivity contribution in [1.29, 1.82) is 0 Å². The van der Waals surface area contributed by atoms with E-state index in [1.165, 1.54) is 4.68 Å². The van der Waals surface area contributed by atoms with Gasteiger partial charge in [0.1, 0.15) is 0 Å². The summed E-state index contributed by atoms with van der Waals surface area (Å²) in [4.78, 5) is 12.1. The van der Waals surface area contributed by atoms with Crippen LogP contribution >= 0.6 is 15.9 Å². The molecule has 3 nitrogen and oxygen atoms in total. The Morgan fingerprint density at radius 2 is 1.94 bits per heavy atom. The van der Waals surface area contributed by atoms with Crippen LogP contribution in [-0.4, -0.2) is 9.78 Å². The number of aromatic nitrogens is 2. The largest absolute Gasteiger partial charge is 0.281 e. The van der Waals surface area contributed by atoms with Crippen LogP contribution in [0.25, 0.3) is 0 Å². The first-order chi connectivity index (χ1) is 8.11. The van der Waals surface area contributed by atoms with Crippen LogP contribution in [0.15, 0.2) is 45.8 Å². The molecule has 0 saturated heterocycles. The van der Waals surface area contributed by atoms with E-state index in [1.807, 2.05) is 44.2 Å². The first-order valence-electron chi connectivity index (χ1n) is 5.40. The highest BCUT2D eigenvalue weighted by molar-refractivity contribution is 9.10. The lowest BCUT2D eigenvalue weighted by Crippen LogP contribution is -2.27. The number of hydrogen-bond donors (Lipinski definition) is 0. The van der Waals surface area contributed by atoms with Crippen LogP contribution in [-0.2, 0) is 0 Å². The predicted molar refractivity (Wildman–Crippen MR) is 71.2 cm³/mol. The third kappa shape index (κ3) is 2.31. The van der Waals surface area contributed by atoms with Crippen molar-refractivity contribution >= 4 is 15.9 Å². The Hall–Kier alpha value is -1.42. The summed E-state index contributed by atoms with van der Waals surface area (Å²) in [5.74, 6) is 0. The van der Waals surface area contributed by atoms with E-state index < -0.39 is 0 Å². The zero-order valence-electron chi connectivity index (χ0n) is 9.72. The van der Waals surface area contributed by atoms with Gasteiger partial charge in [-0.1, -0.05) is 30.3 Å². The average molecular weight is 293 g/mol. The quantitative estimate of drug-likeness (QED) is 0.853. The summed E-state index contributed by atoms with van der Waals surface area (Å²) < 4.78 is 2.07. The summed E-state index contributed by atoms with van der Waals surface area (Å²) in [7, 11) is 0. The van der Waals surface area contributed by atoms with Gasteiger partial charge in [0.15, 0.2) is 0 Å². The van der Waals surface area contributed by atoms with Gasteiger partial charge in [0.25, 0.3) is 5.56 Å². The Morgan fingerprint density at radius 3 is 2.59 bits per heavy atom. The SMILES string of the molecule is Cc1cnn(C(C)c2ccccc2)c(=O)c1Br. The molecule has 2 rings (SSSR count). The van der Waals surface area contributed by atoms with Crippen molar-refractivity contribution in [2.75, 3.05) is 0 Å². The van der Waals surface area contributed by atoms with Crippen molar-refractivity contribution in [1.82, 2.24) is 9.78 Å². The molecule has 1 aromatic carbocycles. The third-order valence-electron chi connectivity index (χ3n) is 2.77. The zero-order chi connectivity index (χ0) is 12.4. The lowest BCUT2D eigenvalue weighted by Gasteiger charge is -2.14. The number of benzene rings is 1. The molecule has 0 aliphatic carbocycles. The molecular formula is C13H13BrN2O. The monoisotopic (exact) mass is 292 g/mol. The highest BCUT2D eigenvalue weighted by atomic mass is 79.9. The molecule has 17 heavy (non-hydrogen) atoms. The molecule has 0 N–H and O–H groups in total. The summed E-state index contributed by atoms with van der Waals surface area (Å²) >= 11 is 3.30. The number of nitrogens with zero attached hydrogens (tertiary/aromatic N) is 2. The second-order valence-electron chi connectivity index (χ2n) is 3.98. The zero-order valence-corrected chi connectivity index (χ0v) is 11.3. The van der Waals surface area contributed by atoms with Gasteiger partial charge < -0.3 is 0 Å². The fourth-order valence-electron chi connectivity index (χ4n) is 1.68. The summed E-state index contributed by atoms with van der Waals surface area (Å²) in [6, 6.07) is 9.79. The summed E-state index contributed by atoms with van der Waals surface area (Å²) in [5, 5.41) is 4.19. The van der Waals surface area contributed by atoms with Gasteiger partial charge in [-0.3, -0.25) is 4.79 Å². The number of hydrogen-bond acceptors (Lipinski definition) is 2. The van der Waals surface area contributed by atoms with Gasteiger partial charge in [0.05, 0.1) is 16.7 Å². The second kappa shape index (κ2) is 4.84. The highest BCUT2D eigenvalue weighted by Crippen LogP contribution is 2.16. The van der Waals surface area contributed by atoms with Gasteiger partial charge in [-0.2, -0.15) is 5.10 Å². The maximum atomic E-state index is 12.1. The van der Waals surface area contributed by atoms with Crippen LogP contribution in [0.1, 0.15) is 24.1 Å². The molecule has 2 aromatic rings. The van der Waals surface area contributed by atoms with Gasteiger partial charge in [-0.25, -0.2) is 4.68 Å². The fourth-order valence-corrected chi connectivity index (χ4v) is 1.96. The molecule has 0 fully saturated rings. The minimum Gasteiger partial charge on any atom is -0.266 e. The lowest BCUT2D eigenvalue weighted by molar-refractivity contribution is 0.527. The smallest absolute Gasteiger partial charge is 0.266 e. The molecule has 1 heterocycles. The second-order valence-corrected chi connectivity index (χ2v) is 4.77. The van der Waals surface area contributed by atoms with Crippen LogP contribution in [0.5, 0.6) is 0 Å². The van der Waals surface area contributed by atoms with Gasteiger partial charge in [-0.05, 0) is 40.9 Å². The van der Waals surface area contributed by atoms with E-state index in [1.54, 1.807) is 6.20 Å². The van der Waals surface area contributed by atoms with E-state index in [2.05, 4.69) is 21.0 Å². The maximum Gasteiger partial charge on any atom is 0.281 e. The topological polar surface area (TPSA) is 34.9 Å². The molecule has 0 spiro atoms. The van der Waals surface area contributed by atoms with Crippen LogP contribution < -0.4 is 5.56 Å². The van der Waals surface area contributed by atoms with Crippen LogP contribution in [0.3, 0.4) is 0 Å². The van der Waals surface area contributed by atoms with Crippen molar-refractivity contribution in [3.8, 4) is 0 Å². The predicted octanol–water partition coefficient (Wildman–Crippen LogP) is 2.92. The molecule has 1 aromatic heterocycles. The normalized spacial score (nSPS) is 12.4. The molecule has 0 radical (unpaired) electrons. The van der Waals surface area contributed by atoms with Crippen molar-refractivity contribution in [3.05, 3.63) is 62.5 Å². The molecule has 0 bridgehead atoms. The number of halogens is 1. The number of aryl methyl sites for hydroxylation is 1. The molecular weight excluding hydrogens is 280 g/mol. The molecule has 4 heteroatoms. The molecule has 0 amide bonds. The summed E-state index contributed by atoms with van der Waals surface area (Å²) in [6.07, 6.45) is 1.70. The van der Waals surface area contributed by atoms with Crippen molar-refractivity contribution in [2.24, 2.45) is 0 Å². The first kappa shape index (κ1) is 12.0. The Bertz CT molecular complexity index is 578. The molecule has 1 unspecified atom stereocenters. The minimum atomic E-state index is -0.0960. The highest BCUT2D eigenvalue weighted by Gasteiger charge is 2.12. The van der Waals surface area contributed by atoms with E-state index in [-0.39, 0.29) is 11.6 Å². The van der Waals surface area contributed by atoms with Crippen LogP contribution in [0.4, 0.5) is 0 Å². The lowest BCUT2D eigenvalue weighted by atomic mass is 10.1. The van der Waals surface area contributed by atoms with Crippen LogP contribution in [0.2, 0.25) is 0 Å². The van der Waals surface area contributed by atoms with E-state index in [0.717, 1.165) is 11.1 Å².